The van der Waals surface area contributed by atoms with Crippen LogP contribution in [0.15, 0.2) is 11.4 Å². The molecule has 0 fully saturated rings. The topological polar surface area (TPSA) is 37.3 Å². The van der Waals surface area contributed by atoms with Crippen molar-refractivity contribution in [1.29, 1.82) is 0 Å². The molecule has 0 saturated heterocycles. The van der Waals surface area contributed by atoms with Gasteiger partial charge < -0.3 is 5.11 Å². The Hall–Kier alpha value is -0.540. The monoisotopic (exact) mass is 218 g/mol. The summed E-state index contributed by atoms with van der Waals surface area (Å²) in [5.74, 6) is -1.21. The number of halogens is 1. The zero-order valence-corrected chi connectivity index (χ0v) is 9.02. The van der Waals surface area contributed by atoms with E-state index in [4.69, 9.17) is 16.7 Å². The van der Waals surface area contributed by atoms with Gasteiger partial charge in [0.1, 0.15) is 0 Å². The number of carboxylic acid groups (broad SMARTS) is 1. The molecule has 1 N–H and O–H groups in total. The number of rotatable bonds is 3. The molecule has 72 valence electrons. The number of aliphatic carboxylic acids is 1. The third kappa shape index (κ3) is 2.23. The molecular weight excluding hydrogens is 208 g/mol. The van der Waals surface area contributed by atoms with Crippen LogP contribution in [0.4, 0.5) is 0 Å². The molecule has 2 atom stereocenters. The predicted octanol–water partition coefficient (Wildman–Crippen LogP) is 3.23. The van der Waals surface area contributed by atoms with E-state index in [9.17, 15) is 4.79 Å². The molecule has 0 aliphatic carbocycles. The molecular formula is C9H11ClO2S. The van der Waals surface area contributed by atoms with Gasteiger partial charge in [0.2, 0.25) is 0 Å². The molecule has 0 amide bonds. The first kappa shape index (κ1) is 10.5. The standard InChI is InChI=1S/C9H11ClO2S/c1-5(6(2)9(11)12)7-3-4-13-8(7)10/h3-6H,1-2H3,(H,11,12). The quantitative estimate of drug-likeness (QED) is 0.846. The molecule has 1 rings (SSSR count). The lowest BCUT2D eigenvalue weighted by molar-refractivity contribution is -0.141. The summed E-state index contributed by atoms with van der Waals surface area (Å²) in [6, 6.07) is 1.89. The molecule has 0 bridgehead atoms. The number of thiophene rings is 1. The summed E-state index contributed by atoms with van der Waals surface area (Å²) in [5, 5.41) is 10.7. The Morgan fingerprint density at radius 2 is 2.23 bits per heavy atom. The SMILES string of the molecule is CC(C(=O)O)C(C)c1ccsc1Cl. The van der Waals surface area contributed by atoms with Crippen LogP contribution in [-0.4, -0.2) is 11.1 Å². The van der Waals surface area contributed by atoms with E-state index in [2.05, 4.69) is 0 Å². The first-order chi connectivity index (χ1) is 6.04. The Bertz CT molecular complexity index is 308. The fourth-order valence-electron chi connectivity index (χ4n) is 1.11. The first-order valence-electron chi connectivity index (χ1n) is 3.99. The zero-order valence-electron chi connectivity index (χ0n) is 7.45. The zero-order chi connectivity index (χ0) is 10.0. The van der Waals surface area contributed by atoms with Crippen molar-refractivity contribution >= 4 is 28.9 Å². The Kier molecular flexibility index (Phi) is 3.33. The average molecular weight is 219 g/mol. The fraction of sp³-hybridized carbons (Fsp3) is 0.444. The van der Waals surface area contributed by atoms with Gasteiger partial charge >= 0.3 is 5.97 Å². The van der Waals surface area contributed by atoms with Gasteiger partial charge in [-0.15, -0.1) is 11.3 Å². The van der Waals surface area contributed by atoms with Crippen LogP contribution in [0.3, 0.4) is 0 Å². The Morgan fingerprint density at radius 3 is 2.62 bits per heavy atom. The van der Waals surface area contributed by atoms with Gasteiger partial charge in [0.15, 0.2) is 0 Å². The van der Waals surface area contributed by atoms with Crippen molar-refractivity contribution in [2.24, 2.45) is 5.92 Å². The van der Waals surface area contributed by atoms with E-state index < -0.39 is 11.9 Å². The lowest BCUT2D eigenvalue weighted by Crippen LogP contribution is -2.16. The lowest BCUT2D eigenvalue weighted by Gasteiger charge is -2.14. The number of hydrogen-bond acceptors (Lipinski definition) is 2. The maximum absolute atomic E-state index is 10.7. The molecule has 13 heavy (non-hydrogen) atoms. The number of hydrogen-bond donors (Lipinski definition) is 1. The Morgan fingerprint density at radius 1 is 1.62 bits per heavy atom. The summed E-state index contributed by atoms with van der Waals surface area (Å²) < 4.78 is 0.695. The van der Waals surface area contributed by atoms with Crippen molar-refractivity contribution in [2.45, 2.75) is 19.8 Å². The largest absolute Gasteiger partial charge is 0.481 e. The summed E-state index contributed by atoms with van der Waals surface area (Å²) in [6.45, 7) is 3.58. The molecule has 0 aliphatic heterocycles. The highest BCUT2D eigenvalue weighted by Crippen LogP contribution is 2.33. The lowest BCUT2D eigenvalue weighted by atomic mass is 9.91. The van der Waals surface area contributed by atoms with Crippen molar-refractivity contribution in [2.75, 3.05) is 0 Å². The van der Waals surface area contributed by atoms with Crippen LogP contribution in [0.5, 0.6) is 0 Å². The molecule has 2 unspecified atom stereocenters. The minimum absolute atomic E-state index is 0.0313. The molecule has 1 aromatic rings. The highest BCUT2D eigenvalue weighted by molar-refractivity contribution is 7.14. The first-order valence-corrected chi connectivity index (χ1v) is 5.25. The molecule has 0 spiro atoms. The van der Waals surface area contributed by atoms with Crippen LogP contribution < -0.4 is 0 Å². The normalized spacial score (nSPS) is 15.3. The van der Waals surface area contributed by atoms with Crippen LogP contribution in [0.2, 0.25) is 4.34 Å². The van der Waals surface area contributed by atoms with E-state index in [-0.39, 0.29) is 5.92 Å². The van der Waals surface area contributed by atoms with E-state index >= 15 is 0 Å². The van der Waals surface area contributed by atoms with Gasteiger partial charge in [0.25, 0.3) is 0 Å². The van der Waals surface area contributed by atoms with Crippen LogP contribution in [0.25, 0.3) is 0 Å². The van der Waals surface area contributed by atoms with Crippen LogP contribution in [0.1, 0.15) is 25.3 Å². The second-order valence-corrected chi connectivity index (χ2v) is 4.58. The van der Waals surface area contributed by atoms with E-state index in [0.717, 1.165) is 5.56 Å². The van der Waals surface area contributed by atoms with Gasteiger partial charge in [-0.05, 0) is 22.9 Å². The van der Waals surface area contributed by atoms with E-state index in [1.807, 2.05) is 18.4 Å². The van der Waals surface area contributed by atoms with Crippen molar-refractivity contribution in [3.8, 4) is 0 Å². The van der Waals surface area contributed by atoms with Crippen molar-refractivity contribution in [3.05, 3.63) is 21.3 Å². The Balaban J connectivity index is 2.85. The smallest absolute Gasteiger partial charge is 0.306 e. The fourth-order valence-corrected chi connectivity index (χ4v) is 2.23. The summed E-state index contributed by atoms with van der Waals surface area (Å²) in [7, 11) is 0. The summed E-state index contributed by atoms with van der Waals surface area (Å²) in [6.07, 6.45) is 0. The second-order valence-electron chi connectivity index (χ2n) is 3.07. The van der Waals surface area contributed by atoms with Gasteiger partial charge in [-0.25, -0.2) is 0 Å². The Labute approximate surface area is 86.2 Å². The second kappa shape index (κ2) is 4.11. The van der Waals surface area contributed by atoms with Gasteiger partial charge in [-0.2, -0.15) is 0 Å². The number of carboxylic acids is 1. The van der Waals surface area contributed by atoms with Crippen molar-refractivity contribution in [3.63, 3.8) is 0 Å². The summed E-state index contributed by atoms with van der Waals surface area (Å²) >= 11 is 7.34. The van der Waals surface area contributed by atoms with Crippen LogP contribution in [0, 0.1) is 5.92 Å². The van der Waals surface area contributed by atoms with Gasteiger partial charge in [-0.3, -0.25) is 4.79 Å². The molecule has 1 heterocycles. The van der Waals surface area contributed by atoms with Crippen LogP contribution >= 0.6 is 22.9 Å². The molecule has 1 aromatic heterocycles. The average Bonchev–Trinajstić information content (AvgIpc) is 2.48. The maximum Gasteiger partial charge on any atom is 0.306 e. The predicted molar refractivity (Wildman–Crippen MR) is 54.5 cm³/mol. The summed E-state index contributed by atoms with van der Waals surface area (Å²) in [4.78, 5) is 10.7. The van der Waals surface area contributed by atoms with E-state index in [1.54, 1.807) is 6.92 Å². The van der Waals surface area contributed by atoms with E-state index in [0.29, 0.717) is 4.34 Å². The third-order valence-electron chi connectivity index (χ3n) is 2.28. The molecule has 4 heteroatoms. The summed E-state index contributed by atoms with van der Waals surface area (Å²) in [5.41, 5.74) is 0.932. The molecule has 0 aromatic carbocycles. The van der Waals surface area contributed by atoms with Gasteiger partial charge in [-0.1, -0.05) is 25.4 Å². The molecule has 2 nitrogen and oxygen atoms in total. The van der Waals surface area contributed by atoms with Gasteiger partial charge in [0, 0.05) is 0 Å². The molecule has 0 radical (unpaired) electrons. The molecule has 0 aliphatic rings. The molecule has 0 saturated carbocycles. The third-order valence-corrected chi connectivity index (χ3v) is 3.48. The minimum Gasteiger partial charge on any atom is -0.481 e. The maximum atomic E-state index is 10.7. The highest BCUT2D eigenvalue weighted by Gasteiger charge is 2.22. The minimum atomic E-state index is -0.783. The highest BCUT2D eigenvalue weighted by atomic mass is 35.5. The van der Waals surface area contributed by atoms with Crippen molar-refractivity contribution in [1.82, 2.24) is 0 Å². The van der Waals surface area contributed by atoms with Crippen LogP contribution in [-0.2, 0) is 4.79 Å². The number of carbonyl (C=O) groups is 1. The van der Waals surface area contributed by atoms with Gasteiger partial charge in [0.05, 0.1) is 10.3 Å². The van der Waals surface area contributed by atoms with Crippen molar-refractivity contribution < 1.29 is 9.90 Å². The van der Waals surface area contributed by atoms with E-state index in [1.165, 1.54) is 11.3 Å².